The summed E-state index contributed by atoms with van der Waals surface area (Å²) in [5, 5.41) is 13.8. The molecule has 0 saturated heterocycles. The van der Waals surface area contributed by atoms with E-state index in [4.69, 9.17) is 19.4 Å². The standard InChI is InChI=1S/C54H38N4OS/c1-32-26-28-44(53-56-51(33-14-4-3-5-15-33)55-52(57-53)43-23-13-25-47-48(43)42-22-10-11-24-46(42)59-47)49-50(32)60-54(2,58-49)36-17-12-16-34(30-36)35-27-29-41-39-20-7-6-18-37(39)38-19-8-9-21-40(38)45(41)31-35/h3-25,27-32,58H,26H2,1-2H3. The van der Waals surface area contributed by atoms with Crippen LogP contribution in [0.4, 0.5) is 0 Å². The fourth-order valence-electron chi connectivity index (χ4n) is 9.36. The maximum Gasteiger partial charge on any atom is 0.165 e. The van der Waals surface area contributed by atoms with Gasteiger partial charge in [0, 0.05) is 32.4 Å². The Bertz CT molecular complexity index is 3420. The van der Waals surface area contributed by atoms with Gasteiger partial charge >= 0.3 is 0 Å². The lowest BCUT2D eigenvalue weighted by molar-refractivity contribution is 0.611. The van der Waals surface area contributed by atoms with Crippen molar-refractivity contribution in [2.24, 2.45) is 5.92 Å². The molecular formula is C54H38N4OS. The highest BCUT2D eigenvalue weighted by molar-refractivity contribution is 8.04. The molecule has 0 fully saturated rings. The number of para-hydroxylation sites is 1. The zero-order chi connectivity index (χ0) is 40.0. The van der Waals surface area contributed by atoms with Gasteiger partial charge in [-0.15, -0.1) is 0 Å². The van der Waals surface area contributed by atoms with Crippen molar-refractivity contribution >= 4 is 71.6 Å². The molecule has 10 aromatic rings. The minimum atomic E-state index is -0.419. The van der Waals surface area contributed by atoms with Crippen molar-refractivity contribution in [3.05, 3.63) is 192 Å². The second-order valence-corrected chi connectivity index (χ2v) is 17.6. The molecular weight excluding hydrogens is 753 g/mol. The third kappa shape index (κ3) is 5.51. The minimum Gasteiger partial charge on any atom is -0.456 e. The van der Waals surface area contributed by atoms with Crippen LogP contribution in [0.5, 0.6) is 0 Å². The van der Waals surface area contributed by atoms with Crippen molar-refractivity contribution in [3.63, 3.8) is 0 Å². The number of nitrogens with zero attached hydrogens (tertiary/aromatic N) is 3. The molecule has 1 aliphatic carbocycles. The van der Waals surface area contributed by atoms with E-state index < -0.39 is 4.87 Å². The Morgan fingerprint density at radius 1 is 0.550 bits per heavy atom. The molecule has 8 aromatic carbocycles. The number of fused-ring (bicyclic) bond motifs is 9. The maximum atomic E-state index is 6.29. The Labute approximate surface area is 351 Å². The Balaban J connectivity index is 0.945. The van der Waals surface area contributed by atoms with E-state index in [2.05, 4.69) is 141 Å². The first-order valence-electron chi connectivity index (χ1n) is 20.6. The molecule has 286 valence electrons. The van der Waals surface area contributed by atoms with Gasteiger partial charge in [-0.05, 0) is 92.5 Å². The average molecular weight is 791 g/mol. The molecule has 60 heavy (non-hydrogen) atoms. The number of benzene rings is 8. The Kier molecular flexibility index (Phi) is 7.88. The van der Waals surface area contributed by atoms with Gasteiger partial charge in [0.1, 0.15) is 16.0 Å². The molecule has 12 rings (SSSR count). The summed E-state index contributed by atoms with van der Waals surface area (Å²) in [6.07, 6.45) is 3.20. The average Bonchev–Trinajstić information content (AvgIpc) is 3.88. The fraction of sp³-hybridized carbons (Fsp3) is 0.0926. The molecule has 3 heterocycles. The molecule has 1 N–H and O–H groups in total. The lowest BCUT2D eigenvalue weighted by Gasteiger charge is -2.27. The fourth-order valence-corrected chi connectivity index (χ4v) is 10.8. The summed E-state index contributed by atoms with van der Waals surface area (Å²) in [6.45, 7) is 4.62. The molecule has 2 aliphatic rings. The number of thioether (sulfide) groups is 1. The van der Waals surface area contributed by atoms with Gasteiger partial charge in [0.2, 0.25) is 0 Å². The predicted octanol–water partition coefficient (Wildman–Crippen LogP) is 14.1. The number of furan rings is 1. The van der Waals surface area contributed by atoms with Crippen LogP contribution in [0.2, 0.25) is 0 Å². The predicted molar refractivity (Wildman–Crippen MR) is 249 cm³/mol. The van der Waals surface area contributed by atoms with E-state index in [-0.39, 0.29) is 0 Å². The number of aromatic nitrogens is 3. The van der Waals surface area contributed by atoms with Crippen LogP contribution < -0.4 is 5.32 Å². The molecule has 0 spiro atoms. The van der Waals surface area contributed by atoms with E-state index in [1.807, 2.05) is 60.3 Å². The lowest BCUT2D eigenvalue weighted by atomic mass is 9.91. The quantitative estimate of drug-likeness (QED) is 0.175. The Morgan fingerprint density at radius 2 is 1.15 bits per heavy atom. The topological polar surface area (TPSA) is 63.8 Å². The summed E-state index contributed by atoms with van der Waals surface area (Å²) in [5.74, 6) is 2.26. The Hall–Kier alpha value is -7.02. The number of rotatable bonds is 5. The van der Waals surface area contributed by atoms with Gasteiger partial charge < -0.3 is 9.73 Å². The van der Waals surface area contributed by atoms with Gasteiger partial charge in [-0.25, -0.2) is 15.0 Å². The van der Waals surface area contributed by atoms with Crippen molar-refractivity contribution in [1.82, 2.24) is 20.3 Å². The van der Waals surface area contributed by atoms with Gasteiger partial charge in [-0.3, -0.25) is 0 Å². The van der Waals surface area contributed by atoms with Crippen molar-refractivity contribution < 1.29 is 4.42 Å². The first kappa shape index (κ1) is 35.0. The zero-order valence-electron chi connectivity index (χ0n) is 33.1. The smallest absolute Gasteiger partial charge is 0.165 e. The first-order valence-corrected chi connectivity index (χ1v) is 21.4. The third-order valence-electron chi connectivity index (χ3n) is 12.4. The van der Waals surface area contributed by atoms with Gasteiger partial charge in [-0.2, -0.15) is 0 Å². The normalized spacial score (nSPS) is 17.8. The van der Waals surface area contributed by atoms with Crippen LogP contribution in [-0.2, 0) is 4.87 Å². The number of allylic oxidation sites excluding steroid dienone is 3. The van der Waals surface area contributed by atoms with Crippen LogP contribution in [-0.4, -0.2) is 15.0 Å². The zero-order valence-corrected chi connectivity index (χ0v) is 33.9. The van der Waals surface area contributed by atoms with Crippen LogP contribution in [0.3, 0.4) is 0 Å². The summed E-state index contributed by atoms with van der Waals surface area (Å²) in [4.78, 5) is 16.6. The van der Waals surface area contributed by atoms with Crippen molar-refractivity contribution in [2.45, 2.75) is 25.1 Å². The van der Waals surface area contributed by atoms with Crippen molar-refractivity contribution in [1.29, 1.82) is 0 Å². The van der Waals surface area contributed by atoms with E-state index in [1.54, 1.807) is 0 Å². The van der Waals surface area contributed by atoms with Crippen LogP contribution in [0.15, 0.2) is 185 Å². The monoisotopic (exact) mass is 790 g/mol. The van der Waals surface area contributed by atoms with Crippen LogP contribution in [0, 0.1) is 5.92 Å². The second-order valence-electron chi connectivity index (χ2n) is 16.1. The molecule has 5 nitrogen and oxygen atoms in total. The summed E-state index contributed by atoms with van der Waals surface area (Å²) in [7, 11) is 0. The molecule has 0 radical (unpaired) electrons. The van der Waals surface area contributed by atoms with E-state index in [0.717, 1.165) is 50.8 Å². The molecule has 1 aliphatic heterocycles. The second kappa shape index (κ2) is 13.5. The molecule has 6 heteroatoms. The first-order chi connectivity index (χ1) is 29.5. The number of hydrogen-bond acceptors (Lipinski definition) is 6. The van der Waals surface area contributed by atoms with Gasteiger partial charge in [0.25, 0.3) is 0 Å². The van der Waals surface area contributed by atoms with E-state index in [0.29, 0.717) is 23.4 Å². The van der Waals surface area contributed by atoms with Crippen LogP contribution in [0.25, 0.3) is 93.7 Å². The third-order valence-corrected chi connectivity index (χ3v) is 13.9. The summed E-state index contributed by atoms with van der Waals surface area (Å²) in [5.41, 5.74) is 9.23. The molecule has 2 unspecified atom stereocenters. The summed E-state index contributed by atoms with van der Waals surface area (Å²) < 4.78 is 6.29. The summed E-state index contributed by atoms with van der Waals surface area (Å²) >= 11 is 1.92. The molecule has 0 bridgehead atoms. The number of nitrogens with one attached hydrogen (secondary N) is 1. The van der Waals surface area contributed by atoms with Gasteiger partial charge in [0.05, 0.1) is 5.70 Å². The molecule has 0 amide bonds. The highest BCUT2D eigenvalue weighted by atomic mass is 32.2. The SMILES string of the molecule is CC1CC=C(c2nc(-c3ccccc3)nc(-c3cccc4oc5ccccc5c34)n2)C2=C1SC(C)(c1cccc(-c3ccc4c5ccccc5c5ccccc5c4c3)c1)N2. The Morgan fingerprint density at radius 3 is 1.93 bits per heavy atom. The minimum absolute atomic E-state index is 0.343. The van der Waals surface area contributed by atoms with E-state index in [1.165, 1.54) is 53.9 Å². The van der Waals surface area contributed by atoms with E-state index in [9.17, 15) is 0 Å². The van der Waals surface area contributed by atoms with E-state index >= 15 is 0 Å². The van der Waals surface area contributed by atoms with Crippen LogP contribution in [0.1, 0.15) is 31.7 Å². The highest BCUT2D eigenvalue weighted by Crippen LogP contribution is 2.54. The molecule has 2 atom stereocenters. The van der Waals surface area contributed by atoms with Gasteiger partial charge in [-0.1, -0.05) is 164 Å². The highest BCUT2D eigenvalue weighted by Gasteiger charge is 2.42. The van der Waals surface area contributed by atoms with Gasteiger partial charge in [0.15, 0.2) is 17.5 Å². The molecule has 0 saturated carbocycles. The molecule has 2 aromatic heterocycles. The van der Waals surface area contributed by atoms with Crippen molar-refractivity contribution in [2.75, 3.05) is 0 Å². The maximum absolute atomic E-state index is 6.29. The lowest BCUT2D eigenvalue weighted by Crippen LogP contribution is -2.32. The largest absolute Gasteiger partial charge is 0.456 e. The van der Waals surface area contributed by atoms with Crippen LogP contribution >= 0.6 is 11.8 Å². The summed E-state index contributed by atoms with van der Waals surface area (Å²) in [6, 6.07) is 58.0. The van der Waals surface area contributed by atoms with Crippen molar-refractivity contribution in [3.8, 4) is 33.9 Å². The number of hydrogen-bond donors (Lipinski definition) is 1.